The molecule has 0 bridgehead atoms. The molecule has 0 radical (unpaired) electrons. The van der Waals surface area contributed by atoms with Crippen LogP contribution in [0.5, 0.6) is 0 Å². The van der Waals surface area contributed by atoms with E-state index in [1.165, 1.54) is 17.6 Å². The summed E-state index contributed by atoms with van der Waals surface area (Å²) in [4.78, 5) is 43.5. The number of rotatable bonds is 8. The largest absolute Gasteiger partial charge is 0.390 e. The molecule has 0 unspecified atom stereocenters. The van der Waals surface area contributed by atoms with Crippen LogP contribution in [0.3, 0.4) is 0 Å². The number of piperazine rings is 1. The van der Waals surface area contributed by atoms with Crippen molar-refractivity contribution in [3.05, 3.63) is 54.4 Å². The number of carbonyl (C=O) groups excluding carboxylic acids is 2. The Bertz CT molecular complexity index is 1620. The summed E-state index contributed by atoms with van der Waals surface area (Å²) in [5.41, 5.74) is 3.02. The summed E-state index contributed by atoms with van der Waals surface area (Å²) in [5.74, 6) is 0.433. The average molecular weight is 618 g/mol. The van der Waals surface area contributed by atoms with Crippen LogP contribution < -0.4 is 5.32 Å². The van der Waals surface area contributed by atoms with Gasteiger partial charge < -0.3 is 24.6 Å². The van der Waals surface area contributed by atoms with Crippen LogP contribution in [0.1, 0.15) is 55.3 Å². The average Bonchev–Trinajstić information content (AvgIpc) is 3.77. The molecule has 0 spiro atoms. The van der Waals surface area contributed by atoms with Crippen molar-refractivity contribution in [2.75, 3.05) is 25.0 Å². The summed E-state index contributed by atoms with van der Waals surface area (Å²) in [5, 5.41) is 17.3. The molecule has 2 saturated carbocycles. The minimum absolute atomic E-state index is 0.00404. The number of aliphatic hydroxyl groups excluding tert-OH is 1. The number of aromatic nitrogens is 4. The summed E-state index contributed by atoms with van der Waals surface area (Å²) < 4.78 is 11.6. The quantitative estimate of drug-likeness (QED) is 0.300. The van der Waals surface area contributed by atoms with Gasteiger partial charge in [-0.15, -0.1) is 0 Å². The number of fused-ring (bicyclic) bond motifs is 1. The highest BCUT2D eigenvalue weighted by atomic mass is 32.1. The van der Waals surface area contributed by atoms with Crippen LogP contribution in [0, 0.1) is 5.92 Å². The van der Waals surface area contributed by atoms with E-state index >= 15 is 0 Å². The Morgan fingerprint density at radius 1 is 1.14 bits per heavy atom. The third-order valence-electron chi connectivity index (χ3n) is 9.08. The molecule has 3 aromatic heterocycles. The van der Waals surface area contributed by atoms with Crippen LogP contribution in [0.2, 0.25) is 0 Å². The van der Waals surface area contributed by atoms with Gasteiger partial charge in [-0.05, 0) is 56.7 Å². The van der Waals surface area contributed by atoms with E-state index in [0.717, 1.165) is 60.0 Å². The van der Waals surface area contributed by atoms with E-state index < -0.39 is 6.10 Å². The number of aliphatic hydroxyl groups is 1. The lowest BCUT2D eigenvalue weighted by atomic mass is 9.78. The van der Waals surface area contributed by atoms with E-state index in [-0.39, 0.29) is 36.5 Å². The highest BCUT2D eigenvalue weighted by Crippen LogP contribution is 2.36. The van der Waals surface area contributed by atoms with E-state index in [1.54, 1.807) is 18.5 Å². The van der Waals surface area contributed by atoms with E-state index in [1.807, 2.05) is 23.1 Å². The van der Waals surface area contributed by atoms with Crippen molar-refractivity contribution in [1.29, 1.82) is 0 Å². The molecule has 4 aromatic rings. The molecular weight excluding hydrogens is 582 g/mol. The number of nitrogens with one attached hydrogen (secondary N) is 1. The fourth-order valence-corrected chi connectivity index (χ4v) is 7.39. The highest BCUT2D eigenvalue weighted by Gasteiger charge is 2.41. The molecule has 4 heterocycles. The van der Waals surface area contributed by atoms with Crippen LogP contribution in [0.25, 0.3) is 21.3 Å². The van der Waals surface area contributed by atoms with E-state index in [9.17, 15) is 14.7 Å². The maximum Gasteiger partial charge on any atom is 0.276 e. The number of thiazole rings is 1. The first-order valence-electron chi connectivity index (χ1n) is 15.2. The molecule has 2 amide bonds. The number of amides is 2. The predicted octanol–water partition coefficient (Wildman–Crippen LogP) is 3.73. The first-order chi connectivity index (χ1) is 21.4. The minimum Gasteiger partial charge on any atom is -0.390 e. The third-order valence-corrected chi connectivity index (χ3v) is 10.0. The van der Waals surface area contributed by atoms with Crippen molar-refractivity contribution in [2.45, 2.75) is 69.9 Å². The Kier molecular flexibility index (Phi) is 8.10. The monoisotopic (exact) mass is 617 g/mol. The Morgan fingerprint density at radius 3 is 2.70 bits per heavy atom. The molecule has 3 fully saturated rings. The van der Waals surface area contributed by atoms with Crippen molar-refractivity contribution >= 4 is 38.5 Å². The number of hydrogen-bond acceptors (Lipinski definition) is 11. The Hall–Kier alpha value is -3.78. The minimum atomic E-state index is -0.400. The molecule has 12 nitrogen and oxygen atoms in total. The predicted molar refractivity (Wildman–Crippen MR) is 163 cm³/mol. The number of anilines is 1. The van der Waals surface area contributed by atoms with Gasteiger partial charge in [-0.3, -0.25) is 14.5 Å². The number of ether oxygens (including phenoxy) is 1. The lowest BCUT2D eigenvalue weighted by Crippen LogP contribution is -2.60. The Morgan fingerprint density at radius 2 is 1.98 bits per heavy atom. The second-order valence-corrected chi connectivity index (χ2v) is 13.0. The second-order valence-electron chi connectivity index (χ2n) is 12.0. The molecule has 13 heteroatoms. The van der Waals surface area contributed by atoms with Gasteiger partial charge in [-0.1, -0.05) is 22.6 Å². The molecule has 1 saturated heterocycles. The van der Waals surface area contributed by atoms with Crippen molar-refractivity contribution in [3.8, 4) is 11.1 Å². The first-order valence-corrected chi connectivity index (χ1v) is 16.0. The molecular formula is C31H35N7O5S. The first kappa shape index (κ1) is 29.0. The van der Waals surface area contributed by atoms with Crippen molar-refractivity contribution in [1.82, 2.24) is 29.9 Å². The van der Waals surface area contributed by atoms with E-state index in [0.29, 0.717) is 35.8 Å². The summed E-state index contributed by atoms with van der Waals surface area (Å²) in [6.07, 6.45) is 8.66. The van der Waals surface area contributed by atoms with Gasteiger partial charge in [-0.2, -0.15) is 0 Å². The summed E-state index contributed by atoms with van der Waals surface area (Å²) >= 11 is 1.46. The summed E-state index contributed by atoms with van der Waals surface area (Å²) in [7, 11) is 0. The zero-order valence-electron chi connectivity index (χ0n) is 24.5. The van der Waals surface area contributed by atoms with Crippen molar-refractivity contribution in [3.63, 3.8) is 0 Å². The molecule has 3 aliphatic rings. The number of nitrogens with zero attached hydrogens (tertiary/aromatic N) is 6. The zero-order chi connectivity index (χ0) is 30.2. The van der Waals surface area contributed by atoms with Gasteiger partial charge in [0, 0.05) is 61.7 Å². The van der Waals surface area contributed by atoms with Gasteiger partial charge in [0.15, 0.2) is 16.6 Å². The van der Waals surface area contributed by atoms with Crippen LogP contribution >= 0.6 is 11.3 Å². The number of hydrogen-bond donors (Lipinski definition) is 2. The van der Waals surface area contributed by atoms with Gasteiger partial charge in [0.2, 0.25) is 5.91 Å². The maximum atomic E-state index is 13.1. The van der Waals surface area contributed by atoms with Crippen LogP contribution in [0.15, 0.2) is 47.4 Å². The SMILES string of the molecule is C[C@H]1CN(C(=O)c2ccon2)CCN1C1CC(C(=O)Nc2nc3ccc(-c4cnc(CO[C@H]5CCC[C@@H]5O)nc4)cc3s2)C1. The standard InChI is InChI=1S/C31H35N7O5S/c1-18-16-37(30(41)24-7-10-43-36-24)8-9-38(18)22-11-20(12-22)29(40)35-31-34-23-6-5-19(13-27(23)44-31)21-14-32-28(33-15-21)17-42-26-4-2-3-25(26)39/h5-7,10,13-15,18,20,22,25-26,39H,2-4,8-9,11-12,16-17H2,1H3,(H,34,35,40)/t18-,20?,22?,25-,26-/m0/s1. The topological polar surface area (TPSA) is 147 Å². The highest BCUT2D eigenvalue weighted by molar-refractivity contribution is 7.22. The second kappa shape index (κ2) is 12.3. The molecule has 2 aliphatic carbocycles. The summed E-state index contributed by atoms with van der Waals surface area (Å²) in [6, 6.07) is 8.09. The van der Waals surface area contributed by atoms with Crippen molar-refractivity contribution < 1.29 is 24.0 Å². The van der Waals surface area contributed by atoms with Gasteiger partial charge in [0.25, 0.3) is 5.91 Å². The number of carbonyl (C=O) groups is 2. The fraction of sp³-hybridized carbons (Fsp3) is 0.484. The maximum absolute atomic E-state index is 13.1. The molecule has 3 atom stereocenters. The molecule has 44 heavy (non-hydrogen) atoms. The lowest BCUT2D eigenvalue weighted by Gasteiger charge is -2.49. The fourth-order valence-electron chi connectivity index (χ4n) is 6.48. The normalized spacial score (nSPS) is 25.7. The zero-order valence-corrected chi connectivity index (χ0v) is 25.3. The van der Waals surface area contributed by atoms with Gasteiger partial charge in [0.05, 0.1) is 22.4 Å². The number of benzene rings is 1. The Balaban J connectivity index is 0.908. The van der Waals surface area contributed by atoms with Gasteiger partial charge >= 0.3 is 0 Å². The van der Waals surface area contributed by atoms with Gasteiger partial charge in [-0.25, -0.2) is 15.0 Å². The van der Waals surface area contributed by atoms with Gasteiger partial charge in [0.1, 0.15) is 12.9 Å². The van der Waals surface area contributed by atoms with Crippen LogP contribution in [-0.4, -0.2) is 90.8 Å². The Labute approximate surface area is 258 Å². The van der Waals surface area contributed by atoms with E-state index in [4.69, 9.17) is 9.26 Å². The molecule has 7 rings (SSSR count). The lowest BCUT2D eigenvalue weighted by molar-refractivity contribution is -0.125. The van der Waals surface area contributed by atoms with Crippen molar-refractivity contribution in [2.24, 2.45) is 5.92 Å². The van der Waals surface area contributed by atoms with E-state index in [2.05, 4.69) is 37.2 Å². The summed E-state index contributed by atoms with van der Waals surface area (Å²) in [6.45, 7) is 4.44. The third kappa shape index (κ3) is 5.96. The molecule has 2 N–H and O–H groups in total. The molecule has 230 valence electrons. The van der Waals surface area contributed by atoms with Crippen LogP contribution in [0.4, 0.5) is 5.13 Å². The van der Waals surface area contributed by atoms with Crippen LogP contribution in [-0.2, 0) is 16.1 Å². The molecule has 1 aliphatic heterocycles. The smallest absolute Gasteiger partial charge is 0.276 e. The molecule has 1 aromatic carbocycles.